The zero-order valence-electron chi connectivity index (χ0n) is 9.89. The molecule has 0 spiro atoms. The molecule has 2 heterocycles. The number of carbonyl (C=O) groups excluding carboxylic acids is 1. The molecule has 0 saturated carbocycles. The minimum absolute atomic E-state index is 0.217. The zero-order chi connectivity index (χ0) is 12.3. The molecule has 0 aliphatic carbocycles. The number of thiophene rings is 1. The molecule has 2 rings (SSSR count). The van der Waals surface area contributed by atoms with Gasteiger partial charge < -0.3 is 9.84 Å². The van der Waals surface area contributed by atoms with Crippen molar-refractivity contribution >= 4 is 17.3 Å². The van der Waals surface area contributed by atoms with Crippen LogP contribution in [0.25, 0.3) is 0 Å². The summed E-state index contributed by atoms with van der Waals surface area (Å²) in [5.41, 5.74) is 0. The predicted molar refractivity (Wildman–Crippen MR) is 66.2 cm³/mol. The Labute approximate surface area is 105 Å². The van der Waals surface area contributed by atoms with Crippen molar-refractivity contribution in [3.8, 4) is 0 Å². The van der Waals surface area contributed by atoms with Crippen LogP contribution in [0, 0.1) is 0 Å². The molecule has 1 atom stereocenters. The maximum atomic E-state index is 11.3. The number of methoxy groups -OCH3 is 1. The molecule has 0 bridgehead atoms. The van der Waals surface area contributed by atoms with Crippen molar-refractivity contribution in [3.05, 3.63) is 21.9 Å². The second-order valence-corrected chi connectivity index (χ2v) is 5.37. The highest BCUT2D eigenvalue weighted by atomic mass is 32.1. The Morgan fingerprint density at radius 1 is 1.65 bits per heavy atom. The van der Waals surface area contributed by atoms with Gasteiger partial charge in [-0.05, 0) is 31.5 Å². The van der Waals surface area contributed by atoms with E-state index in [0.717, 1.165) is 30.8 Å². The van der Waals surface area contributed by atoms with Gasteiger partial charge in [-0.2, -0.15) is 0 Å². The van der Waals surface area contributed by atoms with E-state index in [1.807, 2.05) is 6.07 Å². The number of hydrogen-bond donors (Lipinski definition) is 1. The Kier molecular flexibility index (Phi) is 4.15. The third-order valence-corrected chi connectivity index (χ3v) is 4.17. The maximum absolute atomic E-state index is 11.3. The Morgan fingerprint density at radius 3 is 3.18 bits per heavy atom. The van der Waals surface area contributed by atoms with Crippen molar-refractivity contribution in [2.75, 3.05) is 20.3 Å². The van der Waals surface area contributed by atoms with E-state index in [9.17, 15) is 9.90 Å². The van der Waals surface area contributed by atoms with Gasteiger partial charge in [0.2, 0.25) is 0 Å². The van der Waals surface area contributed by atoms with Gasteiger partial charge >= 0.3 is 5.97 Å². The molecule has 1 N–H and O–H groups in total. The molecule has 94 valence electrons. The van der Waals surface area contributed by atoms with E-state index in [0.29, 0.717) is 4.88 Å². The highest BCUT2D eigenvalue weighted by Crippen LogP contribution is 2.24. The van der Waals surface area contributed by atoms with Crippen molar-refractivity contribution in [2.24, 2.45) is 0 Å². The SMILES string of the molecule is COC(=O)c1ccc(CN2CCC[C@@H]2CO)s1. The third-order valence-electron chi connectivity index (χ3n) is 3.12. The molecule has 1 aromatic rings. The molecule has 1 saturated heterocycles. The molecule has 1 aromatic heterocycles. The van der Waals surface area contributed by atoms with Crippen LogP contribution in [0.4, 0.5) is 0 Å². The number of esters is 1. The molecule has 0 radical (unpaired) electrons. The van der Waals surface area contributed by atoms with Crippen LogP contribution >= 0.6 is 11.3 Å². The number of likely N-dealkylation sites (tertiary alicyclic amines) is 1. The fourth-order valence-corrected chi connectivity index (χ4v) is 3.14. The first-order chi connectivity index (χ1) is 8.24. The lowest BCUT2D eigenvalue weighted by molar-refractivity contribution is 0.0606. The minimum Gasteiger partial charge on any atom is -0.465 e. The van der Waals surface area contributed by atoms with Crippen molar-refractivity contribution in [1.29, 1.82) is 0 Å². The number of hydrogen-bond acceptors (Lipinski definition) is 5. The standard InChI is InChI=1S/C12H17NO3S/c1-16-12(15)11-5-4-10(17-11)7-13-6-2-3-9(13)8-14/h4-5,9,14H,2-3,6-8H2,1H3/t9-/m1/s1. The number of ether oxygens (including phenoxy) is 1. The summed E-state index contributed by atoms with van der Waals surface area (Å²) in [6.07, 6.45) is 2.20. The van der Waals surface area contributed by atoms with E-state index >= 15 is 0 Å². The Balaban J connectivity index is 1.99. The average Bonchev–Trinajstić information content (AvgIpc) is 2.97. The monoisotopic (exact) mass is 255 g/mol. The predicted octanol–water partition coefficient (Wildman–Crippen LogP) is 1.49. The molecular formula is C12H17NO3S. The fraction of sp³-hybridized carbons (Fsp3) is 0.583. The summed E-state index contributed by atoms with van der Waals surface area (Å²) in [5.74, 6) is -0.276. The molecule has 0 amide bonds. The first kappa shape index (κ1) is 12.5. The second kappa shape index (κ2) is 5.62. The first-order valence-electron chi connectivity index (χ1n) is 5.76. The van der Waals surface area contributed by atoms with Gasteiger partial charge in [-0.15, -0.1) is 11.3 Å². The van der Waals surface area contributed by atoms with Crippen LogP contribution in [0.5, 0.6) is 0 Å². The van der Waals surface area contributed by atoms with Gasteiger partial charge in [0, 0.05) is 17.5 Å². The summed E-state index contributed by atoms with van der Waals surface area (Å²) < 4.78 is 4.68. The highest BCUT2D eigenvalue weighted by Gasteiger charge is 2.24. The van der Waals surface area contributed by atoms with E-state index in [1.165, 1.54) is 18.4 Å². The molecule has 1 aliphatic heterocycles. The van der Waals surface area contributed by atoms with E-state index < -0.39 is 0 Å². The van der Waals surface area contributed by atoms with Crippen LogP contribution in [0.2, 0.25) is 0 Å². The van der Waals surface area contributed by atoms with Crippen LogP contribution in [0.3, 0.4) is 0 Å². The van der Waals surface area contributed by atoms with E-state index in [-0.39, 0.29) is 18.6 Å². The molecule has 0 aromatic carbocycles. The molecule has 1 fully saturated rings. The molecule has 17 heavy (non-hydrogen) atoms. The van der Waals surface area contributed by atoms with Crippen LogP contribution in [0.15, 0.2) is 12.1 Å². The summed E-state index contributed by atoms with van der Waals surface area (Å²) >= 11 is 1.47. The van der Waals surface area contributed by atoms with Gasteiger partial charge in [0.25, 0.3) is 0 Å². The number of nitrogens with zero attached hydrogens (tertiary/aromatic N) is 1. The average molecular weight is 255 g/mol. The van der Waals surface area contributed by atoms with Crippen molar-refractivity contribution in [3.63, 3.8) is 0 Å². The van der Waals surface area contributed by atoms with Crippen molar-refractivity contribution in [1.82, 2.24) is 4.90 Å². The van der Waals surface area contributed by atoms with E-state index in [2.05, 4.69) is 9.64 Å². The third kappa shape index (κ3) is 2.86. The number of carbonyl (C=O) groups is 1. The second-order valence-electron chi connectivity index (χ2n) is 4.21. The largest absolute Gasteiger partial charge is 0.465 e. The minimum atomic E-state index is -0.276. The first-order valence-corrected chi connectivity index (χ1v) is 6.58. The molecule has 1 aliphatic rings. The van der Waals surface area contributed by atoms with Gasteiger partial charge in [-0.25, -0.2) is 4.79 Å². The summed E-state index contributed by atoms with van der Waals surface area (Å²) in [6.45, 7) is 2.05. The van der Waals surface area contributed by atoms with E-state index in [1.54, 1.807) is 6.07 Å². The number of aliphatic hydroxyl groups excluding tert-OH is 1. The summed E-state index contributed by atoms with van der Waals surface area (Å²) in [6, 6.07) is 4.04. The lowest BCUT2D eigenvalue weighted by Gasteiger charge is -2.21. The van der Waals surface area contributed by atoms with Crippen molar-refractivity contribution in [2.45, 2.75) is 25.4 Å². The fourth-order valence-electron chi connectivity index (χ4n) is 2.18. The van der Waals surface area contributed by atoms with E-state index in [4.69, 9.17) is 0 Å². The van der Waals surface area contributed by atoms with Gasteiger partial charge in [0.1, 0.15) is 4.88 Å². The molecular weight excluding hydrogens is 238 g/mol. The zero-order valence-corrected chi connectivity index (χ0v) is 10.7. The quantitative estimate of drug-likeness (QED) is 0.828. The van der Waals surface area contributed by atoms with Crippen LogP contribution in [0.1, 0.15) is 27.4 Å². The number of aliphatic hydroxyl groups is 1. The van der Waals surface area contributed by atoms with Gasteiger partial charge in [-0.3, -0.25) is 4.90 Å². The topological polar surface area (TPSA) is 49.8 Å². The number of rotatable bonds is 4. The lowest BCUT2D eigenvalue weighted by atomic mass is 10.2. The summed E-state index contributed by atoms with van der Waals surface area (Å²) in [4.78, 5) is 15.4. The molecule has 4 nitrogen and oxygen atoms in total. The lowest BCUT2D eigenvalue weighted by Crippen LogP contribution is -2.31. The van der Waals surface area contributed by atoms with Gasteiger partial charge in [-0.1, -0.05) is 0 Å². The van der Waals surface area contributed by atoms with Crippen LogP contribution in [-0.2, 0) is 11.3 Å². The smallest absolute Gasteiger partial charge is 0.348 e. The Bertz CT molecular complexity index is 391. The van der Waals surface area contributed by atoms with Crippen LogP contribution in [-0.4, -0.2) is 42.3 Å². The summed E-state index contributed by atoms with van der Waals surface area (Å²) in [5, 5.41) is 9.23. The maximum Gasteiger partial charge on any atom is 0.348 e. The summed E-state index contributed by atoms with van der Waals surface area (Å²) in [7, 11) is 1.39. The van der Waals surface area contributed by atoms with Crippen molar-refractivity contribution < 1.29 is 14.6 Å². The normalized spacial score (nSPS) is 20.7. The van der Waals surface area contributed by atoms with Gasteiger partial charge in [0.05, 0.1) is 13.7 Å². The Hall–Kier alpha value is -0.910. The van der Waals surface area contributed by atoms with Gasteiger partial charge in [0.15, 0.2) is 0 Å². The highest BCUT2D eigenvalue weighted by molar-refractivity contribution is 7.13. The molecule has 0 unspecified atom stereocenters. The Morgan fingerprint density at radius 2 is 2.47 bits per heavy atom. The van der Waals surface area contributed by atoms with Crippen LogP contribution < -0.4 is 0 Å². The molecule has 5 heteroatoms.